The van der Waals surface area contributed by atoms with E-state index in [9.17, 15) is 14.6 Å². The zero-order chi connectivity index (χ0) is 13.3. The van der Waals surface area contributed by atoms with Crippen LogP contribution in [-0.2, 0) is 6.54 Å². The molecule has 0 aromatic heterocycles. The van der Waals surface area contributed by atoms with Crippen LogP contribution in [0.4, 0.5) is 4.39 Å². The fourth-order valence-corrected chi connectivity index (χ4v) is 1.27. The standard InChI is InChI=1S/C13H20FNO2/c1-12(2,13(3,4)17)15-8-9-5-10(14)7-11(16)6-9/h5-7,15-17H,8H2,1-4H3. The highest BCUT2D eigenvalue weighted by Gasteiger charge is 2.34. The molecule has 3 N–H and O–H groups in total. The van der Waals surface area contributed by atoms with Gasteiger partial charge >= 0.3 is 0 Å². The predicted molar refractivity (Wildman–Crippen MR) is 65.3 cm³/mol. The summed E-state index contributed by atoms with van der Waals surface area (Å²) in [5.41, 5.74) is -0.781. The summed E-state index contributed by atoms with van der Waals surface area (Å²) in [6, 6.07) is 3.91. The van der Waals surface area contributed by atoms with Gasteiger partial charge in [-0.15, -0.1) is 0 Å². The highest BCUT2D eigenvalue weighted by Crippen LogP contribution is 2.22. The molecule has 0 amide bonds. The number of halogens is 1. The van der Waals surface area contributed by atoms with E-state index in [-0.39, 0.29) is 5.75 Å². The molecule has 0 radical (unpaired) electrons. The summed E-state index contributed by atoms with van der Waals surface area (Å²) in [7, 11) is 0. The second-order valence-corrected chi connectivity index (χ2v) is 5.36. The monoisotopic (exact) mass is 241 g/mol. The first kappa shape index (κ1) is 13.9. The first-order valence-corrected chi connectivity index (χ1v) is 5.58. The van der Waals surface area contributed by atoms with E-state index in [1.54, 1.807) is 13.8 Å². The van der Waals surface area contributed by atoms with E-state index >= 15 is 0 Å². The lowest BCUT2D eigenvalue weighted by Gasteiger charge is -2.38. The number of hydrogen-bond acceptors (Lipinski definition) is 3. The van der Waals surface area contributed by atoms with E-state index < -0.39 is 17.0 Å². The van der Waals surface area contributed by atoms with Gasteiger partial charge in [0.2, 0.25) is 0 Å². The Morgan fingerprint density at radius 2 is 1.76 bits per heavy atom. The van der Waals surface area contributed by atoms with Crippen molar-refractivity contribution in [3.05, 3.63) is 29.6 Å². The normalized spacial score (nSPS) is 12.8. The molecule has 0 aliphatic heterocycles. The van der Waals surface area contributed by atoms with Gasteiger partial charge in [0.05, 0.1) is 5.60 Å². The first-order chi connectivity index (χ1) is 7.62. The van der Waals surface area contributed by atoms with Gasteiger partial charge in [-0.2, -0.15) is 0 Å². The van der Waals surface area contributed by atoms with Gasteiger partial charge in [-0.05, 0) is 45.4 Å². The Hall–Kier alpha value is -1.13. The molecule has 1 rings (SSSR count). The van der Waals surface area contributed by atoms with E-state index in [4.69, 9.17) is 0 Å². The Balaban J connectivity index is 2.74. The summed E-state index contributed by atoms with van der Waals surface area (Å²) in [6.45, 7) is 7.53. The lowest BCUT2D eigenvalue weighted by Crippen LogP contribution is -2.55. The van der Waals surface area contributed by atoms with Gasteiger partial charge in [0.15, 0.2) is 0 Å². The third kappa shape index (κ3) is 3.68. The maximum atomic E-state index is 13.0. The minimum Gasteiger partial charge on any atom is -0.508 e. The largest absolute Gasteiger partial charge is 0.508 e. The average molecular weight is 241 g/mol. The van der Waals surface area contributed by atoms with Crippen LogP contribution >= 0.6 is 0 Å². The molecule has 0 aliphatic rings. The number of nitrogens with one attached hydrogen (secondary N) is 1. The quantitative estimate of drug-likeness (QED) is 0.757. The summed E-state index contributed by atoms with van der Waals surface area (Å²) in [5.74, 6) is -0.564. The van der Waals surface area contributed by atoms with Crippen LogP contribution in [0, 0.1) is 5.82 Å². The zero-order valence-corrected chi connectivity index (χ0v) is 10.7. The molecular formula is C13H20FNO2. The van der Waals surface area contributed by atoms with E-state index in [1.807, 2.05) is 13.8 Å². The smallest absolute Gasteiger partial charge is 0.127 e. The molecule has 0 saturated carbocycles. The van der Waals surface area contributed by atoms with Crippen molar-refractivity contribution in [2.45, 2.75) is 45.4 Å². The number of benzene rings is 1. The number of aromatic hydroxyl groups is 1. The Labute approximate surface area is 101 Å². The second-order valence-electron chi connectivity index (χ2n) is 5.36. The van der Waals surface area contributed by atoms with Crippen LogP contribution < -0.4 is 5.32 Å². The molecule has 96 valence electrons. The van der Waals surface area contributed by atoms with Crippen molar-refractivity contribution in [2.75, 3.05) is 0 Å². The summed E-state index contributed by atoms with van der Waals surface area (Å²) in [5, 5.41) is 22.4. The van der Waals surface area contributed by atoms with Gasteiger partial charge in [0, 0.05) is 18.2 Å². The predicted octanol–water partition coefficient (Wildman–Crippen LogP) is 2.17. The molecule has 1 aromatic carbocycles. The molecule has 0 fully saturated rings. The fourth-order valence-electron chi connectivity index (χ4n) is 1.27. The maximum absolute atomic E-state index is 13.0. The third-order valence-corrected chi connectivity index (χ3v) is 3.21. The minimum absolute atomic E-state index is 0.0946. The van der Waals surface area contributed by atoms with E-state index in [0.717, 1.165) is 6.07 Å². The Kier molecular flexibility index (Phi) is 3.79. The summed E-state index contributed by atoms with van der Waals surface area (Å²) < 4.78 is 13.0. The van der Waals surface area contributed by atoms with Gasteiger partial charge < -0.3 is 15.5 Å². The third-order valence-electron chi connectivity index (χ3n) is 3.21. The van der Waals surface area contributed by atoms with Gasteiger partial charge in [0.1, 0.15) is 11.6 Å². The molecule has 4 heteroatoms. The molecular weight excluding hydrogens is 221 g/mol. The van der Waals surface area contributed by atoms with Crippen molar-refractivity contribution < 1.29 is 14.6 Å². The number of rotatable bonds is 4. The molecule has 0 heterocycles. The van der Waals surface area contributed by atoms with Crippen LogP contribution in [0.2, 0.25) is 0 Å². The number of aliphatic hydroxyl groups is 1. The fraction of sp³-hybridized carbons (Fsp3) is 0.538. The maximum Gasteiger partial charge on any atom is 0.127 e. The van der Waals surface area contributed by atoms with Crippen molar-refractivity contribution >= 4 is 0 Å². The highest BCUT2D eigenvalue weighted by molar-refractivity contribution is 5.28. The molecule has 0 atom stereocenters. The van der Waals surface area contributed by atoms with Crippen LogP contribution in [0.25, 0.3) is 0 Å². The molecule has 0 unspecified atom stereocenters. The number of hydrogen-bond donors (Lipinski definition) is 3. The zero-order valence-electron chi connectivity index (χ0n) is 10.7. The number of phenols is 1. The van der Waals surface area contributed by atoms with Crippen molar-refractivity contribution in [3.8, 4) is 5.75 Å². The minimum atomic E-state index is -0.900. The van der Waals surface area contributed by atoms with Gasteiger partial charge in [-0.25, -0.2) is 4.39 Å². The van der Waals surface area contributed by atoms with Crippen LogP contribution in [-0.4, -0.2) is 21.4 Å². The molecule has 0 bridgehead atoms. The van der Waals surface area contributed by atoms with Crippen LogP contribution in [0.3, 0.4) is 0 Å². The second kappa shape index (κ2) is 4.63. The van der Waals surface area contributed by atoms with Crippen LogP contribution in [0.5, 0.6) is 5.75 Å². The molecule has 0 spiro atoms. The molecule has 3 nitrogen and oxygen atoms in total. The lowest BCUT2D eigenvalue weighted by molar-refractivity contribution is -0.00532. The van der Waals surface area contributed by atoms with Crippen LogP contribution in [0.1, 0.15) is 33.3 Å². The van der Waals surface area contributed by atoms with E-state index in [1.165, 1.54) is 12.1 Å². The molecule has 1 aromatic rings. The molecule has 0 aliphatic carbocycles. The van der Waals surface area contributed by atoms with Crippen molar-refractivity contribution in [1.29, 1.82) is 0 Å². The summed E-state index contributed by atoms with van der Waals surface area (Å²) >= 11 is 0. The molecule has 0 saturated heterocycles. The highest BCUT2D eigenvalue weighted by atomic mass is 19.1. The van der Waals surface area contributed by atoms with Gasteiger partial charge in [0.25, 0.3) is 0 Å². The van der Waals surface area contributed by atoms with Crippen molar-refractivity contribution in [1.82, 2.24) is 5.32 Å². The number of phenolic OH excluding ortho intramolecular Hbond substituents is 1. The Morgan fingerprint density at radius 3 is 2.24 bits per heavy atom. The average Bonchev–Trinajstić information content (AvgIpc) is 2.11. The van der Waals surface area contributed by atoms with E-state index in [0.29, 0.717) is 12.1 Å². The van der Waals surface area contributed by atoms with Crippen molar-refractivity contribution in [3.63, 3.8) is 0 Å². The van der Waals surface area contributed by atoms with Gasteiger partial charge in [-0.1, -0.05) is 0 Å². The van der Waals surface area contributed by atoms with Crippen molar-refractivity contribution in [2.24, 2.45) is 0 Å². The van der Waals surface area contributed by atoms with Gasteiger partial charge in [-0.3, -0.25) is 0 Å². The van der Waals surface area contributed by atoms with Crippen LogP contribution in [0.15, 0.2) is 18.2 Å². The Morgan fingerprint density at radius 1 is 1.18 bits per heavy atom. The summed E-state index contributed by atoms with van der Waals surface area (Å²) in [4.78, 5) is 0. The topological polar surface area (TPSA) is 52.5 Å². The van der Waals surface area contributed by atoms with E-state index in [2.05, 4.69) is 5.32 Å². The first-order valence-electron chi connectivity index (χ1n) is 5.58. The Bertz CT molecular complexity index is 377. The SMILES string of the molecule is CC(C)(O)C(C)(C)NCc1cc(O)cc(F)c1. The lowest BCUT2D eigenvalue weighted by atomic mass is 9.86. The molecule has 17 heavy (non-hydrogen) atoms. The summed E-state index contributed by atoms with van der Waals surface area (Å²) in [6.07, 6.45) is 0.